The predicted octanol–water partition coefficient (Wildman–Crippen LogP) is 1.12. The number of fused-ring (bicyclic) bond motifs is 1. The summed E-state index contributed by atoms with van der Waals surface area (Å²) in [5.74, 6) is 0. The number of hydrogen-bond donors (Lipinski definition) is 2. The van der Waals surface area contributed by atoms with E-state index in [4.69, 9.17) is 0 Å². The molecule has 0 amide bonds. The first-order valence-corrected chi connectivity index (χ1v) is 13.1. The Morgan fingerprint density at radius 2 is 1.40 bits per heavy atom. The van der Waals surface area contributed by atoms with Gasteiger partial charge in [0.1, 0.15) is 5.25 Å². The van der Waals surface area contributed by atoms with Gasteiger partial charge in [-0.3, -0.25) is 10.9 Å². The van der Waals surface area contributed by atoms with Crippen molar-refractivity contribution in [2.75, 3.05) is 26.2 Å². The molecule has 0 spiro atoms. The van der Waals surface area contributed by atoms with Crippen LogP contribution in [0.5, 0.6) is 0 Å². The Hall–Kier alpha value is -1.56. The van der Waals surface area contributed by atoms with E-state index in [1.807, 2.05) is 38.1 Å². The molecule has 0 aromatic heterocycles. The molecule has 2 aromatic carbocycles. The highest BCUT2D eigenvalue weighted by atomic mass is 32.2. The van der Waals surface area contributed by atoms with Crippen LogP contribution in [0.2, 0.25) is 0 Å². The SMILES string of the molecule is CC1NNC(C)C1S(=O)(=O)N1CCCN(S(=O)(=O)c2cccc3ccccc23)CC1. The molecule has 2 saturated heterocycles. The number of sulfonamides is 2. The maximum Gasteiger partial charge on any atom is 0.243 e. The Balaban J connectivity index is 1.58. The van der Waals surface area contributed by atoms with E-state index < -0.39 is 25.3 Å². The highest BCUT2D eigenvalue weighted by Gasteiger charge is 2.44. The standard InChI is InChI=1S/C20H28N4O4S2/c1-15-20(16(2)22-21-15)30(27,28)24-12-6-11-23(13-14-24)29(25,26)19-10-5-8-17-7-3-4-9-18(17)19/h3-5,7-10,15-16,20-22H,6,11-14H2,1-2H3. The van der Waals surface area contributed by atoms with Crippen LogP contribution in [-0.2, 0) is 20.0 Å². The summed E-state index contributed by atoms with van der Waals surface area (Å²) in [4.78, 5) is 0.267. The Morgan fingerprint density at radius 3 is 2.13 bits per heavy atom. The normalized spacial score (nSPS) is 27.3. The highest BCUT2D eigenvalue weighted by Crippen LogP contribution is 2.27. The van der Waals surface area contributed by atoms with Gasteiger partial charge in [-0.1, -0.05) is 36.4 Å². The van der Waals surface area contributed by atoms with Gasteiger partial charge in [-0.15, -0.1) is 0 Å². The molecule has 2 fully saturated rings. The average molecular weight is 453 g/mol. The molecule has 10 heteroatoms. The van der Waals surface area contributed by atoms with Crippen LogP contribution >= 0.6 is 0 Å². The minimum atomic E-state index is -3.73. The Bertz CT molecular complexity index is 1120. The molecular formula is C20H28N4O4S2. The maximum absolute atomic E-state index is 13.4. The zero-order valence-electron chi connectivity index (χ0n) is 17.2. The second kappa shape index (κ2) is 8.18. The van der Waals surface area contributed by atoms with E-state index in [0.717, 1.165) is 5.39 Å². The number of nitrogens with one attached hydrogen (secondary N) is 2. The Morgan fingerprint density at radius 1 is 0.800 bits per heavy atom. The van der Waals surface area contributed by atoms with Crippen molar-refractivity contribution in [1.82, 2.24) is 19.5 Å². The van der Waals surface area contributed by atoms with E-state index in [1.165, 1.54) is 8.61 Å². The number of benzene rings is 2. The minimum Gasteiger partial charge on any atom is -0.253 e. The maximum atomic E-state index is 13.4. The summed E-state index contributed by atoms with van der Waals surface area (Å²) in [7, 11) is -7.30. The van der Waals surface area contributed by atoms with Crippen LogP contribution in [0.25, 0.3) is 10.8 Å². The number of nitrogens with zero attached hydrogens (tertiary/aromatic N) is 2. The van der Waals surface area contributed by atoms with Crippen molar-refractivity contribution in [2.45, 2.75) is 42.5 Å². The van der Waals surface area contributed by atoms with Crippen molar-refractivity contribution in [3.8, 4) is 0 Å². The molecule has 164 valence electrons. The molecule has 2 unspecified atom stereocenters. The second-order valence-corrected chi connectivity index (χ2v) is 12.0. The van der Waals surface area contributed by atoms with Crippen molar-refractivity contribution >= 4 is 30.8 Å². The van der Waals surface area contributed by atoms with Gasteiger partial charge in [0, 0.05) is 43.6 Å². The van der Waals surface area contributed by atoms with Crippen LogP contribution in [0.15, 0.2) is 47.4 Å². The summed E-state index contributed by atoms with van der Waals surface area (Å²) in [6.07, 6.45) is 0.458. The van der Waals surface area contributed by atoms with Crippen molar-refractivity contribution in [3.05, 3.63) is 42.5 Å². The van der Waals surface area contributed by atoms with Crippen LogP contribution in [0, 0.1) is 0 Å². The molecule has 0 aliphatic carbocycles. The van der Waals surface area contributed by atoms with Gasteiger partial charge in [0.25, 0.3) is 0 Å². The smallest absolute Gasteiger partial charge is 0.243 e. The van der Waals surface area contributed by atoms with Gasteiger partial charge in [-0.25, -0.2) is 21.1 Å². The van der Waals surface area contributed by atoms with Gasteiger partial charge in [0.15, 0.2) is 0 Å². The molecule has 2 aliphatic heterocycles. The summed E-state index contributed by atoms with van der Waals surface area (Å²) < 4.78 is 56.2. The zero-order valence-corrected chi connectivity index (χ0v) is 18.8. The van der Waals surface area contributed by atoms with E-state index in [0.29, 0.717) is 24.9 Å². The van der Waals surface area contributed by atoms with Gasteiger partial charge < -0.3 is 0 Å². The predicted molar refractivity (Wildman–Crippen MR) is 117 cm³/mol. The van der Waals surface area contributed by atoms with E-state index in [1.54, 1.807) is 18.2 Å². The molecule has 0 saturated carbocycles. The number of hydrogen-bond acceptors (Lipinski definition) is 6. The van der Waals surface area contributed by atoms with E-state index in [-0.39, 0.29) is 30.1 Å². The Kier molecular flexibility index (Phi) is 5.90. The van der Waals surface area contributed by atoms with E-state index in [2.05, 4.69) is 10.9 Å². The van der Waals surface area contributed by atoms with Crippen LogP contribution in [0.4, 0.5) is 0 Å². The van der Waals surface area contributed by atoms with Gasteiger partial charge in [0.2, 0.25) is 20.0 Å². The first kappa shape index (κ1) is 21.7. The molecule has 2 aliphatic rings. The fourth-order valence-electron chi connectivity index (χ4n) is 4.47. The first-order chi connectivity index (χ1) is 14.2. The minimum absolute atomic E-state index is 0.140. The van der Waals surface area contributed by atoms with Crippen molar-refractivity contribution in [2.24, 2.45) is 0 Å². The highest BCUT2D eigenvalue weighted by molar-refractivity contribution is 7.90. The van der Waals surface area contributed by atoms with Crippen LogP contribution in [0.1, 0.15) is 20.3 Å². The zero-order chi connectivity index (χ0) is 21.5. The summed E-state index contributed by atoms with van der Waals surface area (Å²) in [5.41, 5.74) is 5.98. The van der Waals surface area contributed by atoms with Crippen LogP contribution in [-0.4, -0.2) is 69.0 Å². The summed E-state index contributed by atoms with van der Waals surface area (Å²) in [5, 5.41) is 0.958. The third kappa shape index (κ3) is 3.76. The van der Waals surface area contributed by atoms with Crippen LogP contribution < -0.4 is 10.9 Å². The third-order valence-electron chi connectivity index (χ3n) is 6.01. The number of rotatable bonds is 4. The number of hydrazine groups is 1. The monoisotopic (exact) mass is 452 g/mol. The largest absolute Gasteiger partial charge is 0.253 e. The summed E-state index contributed by atoms with van der Waals surface area (Å²) >= 11 is 0. The van der Waals surface area contributed by atoms with Gasteiger partial charge in [-0.2, -0.15) is 4.31 Å². The summed E-state index contributed by atoms with van der Waals surface area (Å²) in [6, 6.07) is 12.2. The molecule has 4 rings (SSSR count). The average Bonchev–Trinajstić information content (AvgIpc) is 2.92. The fraction of sp³-hybridized carbons (Fsp3) is 0.500. The molecule has 2 atom stereocenters. The van der Waals surface area contributed by atoms with Crippen molar-refractivity contribution in [3.63, 3.8) is 0 Å². The quantitative estimate of drug-likeness (QED) is 0.721. The molecule has 2 heterocycles. The molecule has 0 bridgehead atoms. The van der Waals surface area contributed by atoms with Gasteiger partial charge >= 0.3 is 0 Å². The van der Waals surface area contributed by atoms with Crippen molar-refractivity contribution in [1.29, 1.82) is 0 Å². The molecule has 30 heavy (non-hydrogen) atoms. The lowest BCUT2D eigenvalue weighted by Crippen LogP contribution is -2.48. The molecular weight excluding hydrogens is 424 g/mol. The first-order valence-electron chi connectivity index (χ1n) is 10.2. The topological polar surface area (TPSA) is 98.8 Å². The van der Waals surface area contributed by atoms with E-state index in [9.17, 15) is 16.8 Å². The lowest BCUT2D eigenvalue weighted by molar-refractivity contribution is 0.396. The molecule has 2 N–H and O–H groups in total. The van der Waals surface area contributed by atoms with Gasteiger partial charge in [0.05, 0.1) is 4.90 Å². The second-order valence-electron chi connectivity index (χ2n) is 8.01. The van der Waals surface area contributed by atoms with Gasteiger partial charge in [-0.05, 0) is 31.7 Å². The summed E-state index contributed by atoms with van der Waals surface area (Å²) in [6.45, 7) is 4.59. The molecule has 2 aromatic rings. The lowest BCUT2D eigenvalue weighted by Gasteiger charge is -2.27. The molecule has 8 nitrogen and oxygen atoms in total. The Labute approximate surface area is 178 Å². The lowest BCUT2D eigenvalue weighted by atomic mass is 10.1. The van der Waals surface area contributed by atoms with Crippen LogP contribution in [0.3, 0.4) is 0 Å². The third-order valence-corrected chi connectivity index (χ3v) is 10.6. The van der Waals surface area contributed by atoms with E-state index >= 15 is 0 Å². The molecule has 0 radical (unpaired) electrons. The van der Waals surface area contributed by atoms with Crippen molar-refractivity contribution < 1.29 is 16.8 Å². The fourth-order valence-corrected chi connectivity index (χ4v) is 8.39.